The number of carbonyl (C=O) groups is 1. The van der Waals surface area contributed by atoms with Gasteiger partial charge in [0.2, 0.25) is 0 Å². The first-order valence-corrected chi connectivity index (χ1v) is 7.54. The minimum absolute atomic E-state index is 0.0136. The van der Waals surface area contributed by atoms with E-state index in [4.69, 9.17) is 16.0 Å². The number of carbonyl (C=O) groups excluding carboxylic acids is 1. The molecule has 1 heterocycles. The first-order valence-electron chi connectivity index (χ1n) is 7.16. The van der Waals surface area contributed by atoms with E-state index >= 15 is 0 Å². The van der Waals surface area contributed by atoms with Gasteiger partial charge in [-0.15, -0.1) is 0 Å². The first-order chi connectivity index (χ1) is 11.0. The van der Waals surface area contributed by atoms with Gasteiger partial charge in [0.05, 0.1) is 11.3 Å². The molecule has 0 spiro atoms. The Bertz CT molecular complexity index is 649. The second-order valence-electron chi connectivity index (χ2n) is 5.21. The van der Waals surface area contributed by atoms with Gasteiger partial charge < -0.3 is 20.2 Å². The minimum atomic E-state index is -0.800. The number of furan rings is 1. The molecule has 2 aromatic rings. The molecule has 0 aliphatic rings. The third-order valence-corrected chi connectivity index (χ3v) is 3.59. The molecule has 2 amide bonds. The van der Waals surface area contributed by atoms with Crippen LogP contribution in [0.5, 0.6) is 0 Å². The predicted molar refractivity (Wildman–Crippen MR) is 84.5 cm³/mol. The molecule has 0 saturated heterocycles. The van der Waals surface area contributed by atoms with Crippen molar-refractivity contribution in [2.24, 2.45) is 0 Å². The van der Waals surface area contributed by atoms with Gasteiger partial charge in [-0.3, -0.25) is 0 Å². The van der Waals surface area contributed by atoms with Crippen LogP contribution in [0.3, 0.4) is 0 Å². The lowest BCUT2D eigenvalue weighted by molar-refractivity contribution is 0.129. The van der Waals surface area contributed by atoms with Gasteiger partial charge in [0, 0.05) is 24.6 Å². The van der Waals surface area contributed by atoms with Crippen LogP contribution in [0.4, 0.5) is 9.18 Å². The number of benzene rings is 1. The van der Waals surface area contributed by atoms with Crippen molar-refractivity contribution >= 4 is 17.6 Å². The fourth-order valence-electron chi connectivity index (χ4n) is 2.13. The minimum Gasteiger partial charge on any atom is -0.467 e. The van der Waals surface area contributed by atoms with Gasteiger partial charge >= 0.3 is 6.03 Å². The van der Waals surface area contributed by atoms with Crippen molar-refractivity contribution in [2.45, 2.75) is 32.0 Å². The normalized spacial score (nSPS) is 13.4. The highest BCUT2D eigenvalue weighted by molar-refractivity contribution is 6.30. The summed E-state index contributed by atoms with van der Waals surface area (Å²) in [6, 6.07) is 7.21. The maximum absolute atomic E-state index is 13.7. The summed E-state index contributed by atoms with van der Waals surface area (Å²) < 4.78 is 18.8. The van der Waals surface area contributed by atoms with Crippen LogP contribution in [0.1, 0.15) is 30.8 Å². The number of hydrogen-bond acceptors (Lipinski definition) is 3. The SMILES string of the molecule is C[C@@H](C[C@@H](O)c1ccco1)NC(=O)NCc1cccc(Cl)c1F. The fourth-order valence-corrected chi connectivity index (χ4v) is 2.32. The number of aliphatic hydroxyl groups is 1. The number of nitrogens with one attached hydrogen (secondary N) is 2. The lowest BCUT2D eigenvalue weighted by Crippen LogP contribution is -2.41. The van der Waals surface area contributed by atoms with E-state index in [0.717, 1.165) is 0 Å². The molecule has 124 valence electrons. The van der Waals surface area contributed by atoms with Gasteiger partial charge in [-0.1, -0.05) is 23.7 Å². The van der Waals surface area contributed by atoms with Crippen molar-refractivity contribution in [1.29, 1.82) is 0 Å². The summed E-state index contributed by atoms with van der Waals surface area (Å²) in [6.07, 6.45) is 0.973. The highest BCUT2D eigenvalue weighted by atomic mass is 35.5. The maximum Gasteiger partial charge on any atom is 0.315 e. The van der Waals surface area contributed by atoms with E-state index < -0.39 is 18.0 Å². The molecular formula is C16H18ClFN2O3. The molecular weight excluding hydrogens is 323 g/mol. The molecule has 0 unspecified atom stereocenters. The predicted octanol–water partition coefficient (Wildman–Crippen LogP) is 3.38. The number of amides is 2. The van der Waals surface area contributed by atoms with Crippen molar-refractivity contribution in [3.63, 3.8) is 0 Å². The van der Waals surface area contributed by atoms with Gasteiger partial charge in [-0.05, 0) is 25.1 Å². The van der Waals surface area contributed by atoms with Gasteiger partial charge in [-0.2, -0.15) is 0 Å². The Morgan fingerprint density at radius 2 is 2.17 bits per heavy atom. The van der Waals surface area contributed by atoms with E-state index in [0.29, 0.717) is 17.7 Å². The highest BCUT2D eigenvalue weighted by Crippen LogP contribution is 2.19. The van der Waals surface area contributed by atoms with Crippen molar-refractivity contribution in [3.05, 3.63) is 58.8 Å². The Morgan fingerprint density at radius 1 is 1.39 bits per heavy atom. The van der Waals surface area contributed by atoms with Crippen LogP contribution in [0.2, 0.25) is 5.02 Å². The maximum atomic E-state index is 13.7. The Kier molecular flexibility index (Phi) is 6.01. The second-order valence-corrected chi connectivity index (χ2v) is 5.62. The molecule has 0 aliphatic carbocycles. The molecule has 0 radical (unpaired) electrons. The Morgan fingerprint density at radius 3 is 2.87 bits per heavy atom. The van der Waals surface area contributed by atoms with E-state index in [2.05, 4.69) is 10.6 Å². The average molecular weight is 341 g/mol. The molecule has 1 aromatic heterocycles. The van der Waals surface area contributed by atoms with Gasteiger partial charge in [0.15, 0.2) is 0 Å². The van der Waals surface area contributed by atoms with Crippen molar-refractivity contribution in [1.82, 2.24) is 10.6 Å². The van der Waals surface area contributed by atoms with Crippen LogP contribution in [-0.2, 0) is 6.54 Å². The second kappa shape index (κ2) is 7.99. The molecule has 23 heavy (non-hydrogen) atoms. The van der Waals surface area contributed by atoms with Crippen molar-refractivity contribution in [3.8, 4) is 0 Å². The third-order valence-electron chi connectivity index (χ3n) is 3.30. The summed E-state index contributed by atoms with van der Waals surface area (Å²) in [5, 5.41) is 15.2. The molecule has 0 bridgehead atoms. The van der Waals surface area contributed by atoms with E-state index in [1.165, 1.54) is 12.3 Å². The number of halogens is 2. The summed E-state index contributed by atoms with van der Waals surface area (Å²) in [5.41, 5.74) is 0.302. The zero-order valence-electron chi connectivity index (χ0n) is 12.6. The molecule has 7 heteroatoms. The monoisotopic (exact) mass is 340 g/mol. The van der Waals surface area contributed by atoms with Crippen LogP contribution in [-0.4, -0.2) is 17.2 Å². The summed E-state index contributed by atoms with van der Waals surface area (Å²) >= 11 is 5.68. The number of aliphatic hydroxyl groups excluding tert-OH is 1. The van der Waals surface area contributed by atoms with Crippen LogP contribution in [0.15, 0.2) is 41.0 Å². The first kappa shape index (κ1) is 17.3. The third kappa shape index (κ3) is 4.97. The molecule has 5 nitrogen and oxygen atoms in total. The van der Waals surface area contributed by atoms with Crippen LogP contribution >= 0.6 is 11.6 Å². The smallest absolute Gasteiger partial charge is 0.315 e. The van der Waals surface area contributed by atoms with E-state index in [-0.39, 0.29) is 17.6 Å². The highest BCUT2D eigenvalue weighted by Gasteiger charge is 2.16. The lowest BCUT2D eigenvalue weighted by atomic mass is 10.1. The molecule has 3 N–H and O–H groups in total. The molecule has 0 aliphatic heterocycles. The van der Waals surface area contributed by atoms with Crippen LogP contribution in [0.25, 0.3) is 0 Å². The van der Waals surface area contributed by atoms with Gasteiger partial charge in [0.1, 0.15) is 17.7 Å². The van der Waals surface area contributed by atoms with E-state index in [9.17, 15) is 14.3 Å². The standard InChI is InChI=1S/C16H18ClFN2O3/c1-10(8-13(21)14-6-3-7-23-14)20-16(22)19-9-11-4-2-5-12(17)15(11)18/h2-7,10,13,21H,8-9H2,1H3,(H2,19,20,22)/t10-,13+/m0/s1. The van der Waals surface area contributed by atoms with Gasteiger partial charge in [0.25, 0.3) is 0 Å². The van der Waals surface area contributed by atoms with E-state index in [1.807, 2.05) is 0 Å². The number of hydrogen-bond donors (Lipinski definition) is 3. The molecule has 2 rings (SSSR count). The average Bonchev–Trinajstić information content (AvgIpc) is 3.03. The van der Waals surface area contributed by atoms with Crippen molar-refractivity contribution < 1.29 is 18.7 Å². The number of urea groups is 1. The lowest BCUT2D eigenvalue weighted by Gasteiger charge is -2.17. The Hall–Kier alpha value is -2.05. The molecule has 1 aromatic carbocycles. The topological polar surface area (TPSA) is 74.5 Å². The van der Waals surface area contributed by atoms with E-state index in [1.54, 1.807) is 31.2 Å². The Balaban J connectivity index is 1.79. The Labute approximate surface area is 138 Å². The summed E-state index contributed by atoms with van der Waals surface area (Å²) in [5.74, 6) is -0.101. The summed E-state index contributed by atoms with van der Waals surface area (Å²) in [6.45, 7) is 1.78. The summed E-state index contributed by atoms with van der Waals surface area (Å²) in [4.78, 5) is 11.8. The zero-order valence-corrected chi connectivity index (χ0v) is 13.3. The zero-order chi connectivity index (χ0) is 16.8. The largest absolute Gasteiger partial charge is 0.467 e. The fraction of sp³-hybridized carbons (Fsp3) is 0.312. The van der Waals surface area contributed by atoms with Crippen LogP contribution < -0.4 is 10.6 Å². The summed E-state index contributed by atoms with van der Waals surface area (Å²) in [7, 11) is 0. The van der Waals surface area contributed by atoms with Crippen molar-refractivity contribution in [2.75, 3.05) is 0 Å². The van der Waals surface area contributed by atoms with Crippen LogP contribution in [0, 0.1) is 5.82 Å². The van der Waals surface area contributed by atoms with Gasteiger partial charge in [-0.25, -0.2) is 9.18 Å². The molecule has 2 atom stereocenters. The molecule has 0 saturated carbocycles. The number of rotatable bonds is 6. The molecule has 0 fully saturated rings. The quantitative estimate of drug-likeness (QED) is 0.754.